The lowest BCUT2D eigenvalue weighted by Crippen LogP contribution is -2.50. The highest BCUT2D eigenvalue weighted by Crippen LogP contribution is 2.11. The van der Waals surface area contributed by atoms with Gasteiger partial charge in [0.1, 0.15) is 5.82 Å². The SMILES string of the molecule is CN(Cc1cccc(F)c1)C(=O)C1CNC1.Cl. The Hall–Kier alpha value is -1.13. The molecule has 0 atom stereocenters. The second-order valence-corrected chi connectivity index (χ2v) is 4.18. The maximum atomic E-state index is 12.9. The summed E-state index contributed by atoms with van der Waals surface area (Å²) in [5.41, 5.74) is 0.822. The van der Waals surface area contributed by atoms with E-state index in [2.05, 4.69) is 5.32 Å². The summed E-state index contributed by atoms with van der Waals surface area (Å²) in [4.78, 5) is 13.5. The van der Waals surface area contributed by atoms with E-state index in [-0.39, 0.29) is 30.0 Å². The molecular formula is C12H16ClFN2O. The van der Waals surface area contributed by atoms with Gasteiger partial charge in [0.05, 0.1) is 5.92 Å². The highest BCUT2D eigenvalue weighted by Gasteiger charge is 2.27. The molecule has 0 saturated carbocycles. The van der Waals surface area contributed by atoms with E-state index in [9.17, 15) is 9.18 Å². The summed E-state index contributed by atoms with van der Waals surface area (Å²) >= 11 is 0. The molecule has 0 aliphatic carbocycles. The number of carbonyl (C=O) groups is 1. The van der Waals surface area contributed by atoms with E-state index in [0.29, 0.717) is 6.54 Å². The molecule has 1 aromatic rings. The first kappa shape index (κ1) is 13.9. The molecule has 2 rings (SSSR count). The summed E-state index contributed by atoms with van der Waals surface area (Å²) < 4.78 is 12.9. The van der Waals surface area contributed by atoms with E-state index >= 15 is 0 Å². The number of nitrogens with zero attached hydrogens (tertiary/aromatic N) is 1. The van der Waals surface area contributed by atoms with Gasteiger partial charge in [-0.05, 0) is 17.7 Å². The van der Waals surface area contributed by atoms with Crippen LogP contribution in [-0.2, 0) is 11.3 Å². The van der Waals surface area contributed by atoms with Crippen molar-refractivity contribution in [1.29, 1.82) is 0 Å². The Morgan fingerprint density at radius 1 is 1.53 bits per heavy atom. The molecule has 0 bridgehead atoms. The van der Waals surface area contributed by atoms with E-state index in [1.165, 1.54) is 12.1 Å². The number of hydrogen-bond donors (Lipinski definition) is 1. The number of carbonyl (C=O) groups excluding carboxylic acids is 1. The van der Waals surface area contributed by atoms with Crippen molar-refractivity contribution in [1.82, 2.24) is 10.2 Å². The van der Waals surface area contributed by atoms with Crippen molar-refractivity contribution in [2.24, 2.45) is 5.92 Å². The maximum Gasteiger partial charge on any atom is 0.228 e. The minimum Gasteiger partial charge on any atom is -0.341 e. The van der Waals surface area contributed by atoms with Crippen molar-refractivity contribution >= 4 is 18.3 Å². The van der Waals surface area contributed by atoms with Gasteiger partial charge >= 0.3 is 0 Å². The van der Waals surface area contributed by atoms with Crippen molar-refractivity contribution in [3.8, 4) is 0 Å². The van der Waals surface area contributed by atoms with Gasteiger partial charge in [0, 0.05) is 26.7 Å². The van der Waals surface area contributed by atoms with E-state index in [0.717, 1.165) is 18.7 Å². The Bertz CT molecular complexity index is 396. The first-order valence-corrected chi connectivity index (χ1v) is 5.37. The molecule has 3 nitrogen and oxygen atoms in total. The molecule has 1 aromatic carbocycles. The van der Waals surface area contributed by atoms with E-state index < -0.39 is 0 Å². The lowest BCUT2D eigenvalue weighted by molar-refractivity contribution is -0.136. The van der Waals surface area contributed by atoms with Gasteiger partial charge in [0.25, 0.3) is 0 Å². The third-order valence-electron chi connectivity index (χ3n) is 2.82. The molecule has 1 fully saturated rings. The van der Waals surface area contributed by atoms with Gasteiger partial charge in [-0.25, -0.2) is 4.39 Å². The minimum atomic E-state index is -0.261. The molecule has 0 spiro atoms. The van der Waals surface area contributed by atoms with Gasteiger partial charge in [0.2, 0.25) is 5.91 Å². The van der Waals surface area contributed by atoms with Gasteiger partial charge in [-0.2, -0.15) is 0 Å². The first-order chi connectivity index (χ1) is 7.66. The van der Waals surface area contributed by atoms with Crippen LogP contribution >= 0.6 is 12.4 Å². The monoisotopic (exact) mass is 258 g/mol. The summed E-state index contributed by atoms with van der Waals surface area (Å²) in [6.07, 6.45) is 0. The normalized spacial score (nSPS) is 14.7. The number of rotatable bonds is 3. The van der Waals surface area contributed by atoms with Crippen molar-refractivity contribution in [2.75, 3.05) is 20.1 Å². The molecule has 1 aliphatic heterocycles. The van der Waals surface area contributed by atoms with Crippen LogP contribution in [-0.4, -0.2) is 30.9 Å². The molecule has 1 saturated heterocycles. The third kappa shape index (κ3) is 3.41. The Balaban J connectivity index is 0.00000144. The zero-order valence-electron chi connectivity index (χ0n) is 9.65. The van der Waals surface area contributed by atoms with Crippen LogP contribution in [0.15, 0.2) is 24.3 Å². The van der Waals surface area contributed by atoms with Crippen LogP contribution in [0.5, 0.6) is 0 Å². The number of halogens is 2. The first-order valence-electron chi connectivity index (χ1n) is 5.37. The minimum absolute atomic E-state index is 0. The largest absolute Gasteiger partial charge is 0.341 e. The van der Waals surface area contributed by atoms with Crippen LogP contribution in [0.4, 0.5) is 4.39 Å². The molecule has 0 radical (unpaired) electrons. The predicted molar refractivity (Wildman–Crippen MR) is 66.5 cm³/mol. The van der Waals surface area contributed by atoms with Crippen LogP contribution in [0.2, 0.25) is 0 Å². The molecular weight excluding hydrogens is 243 g/mol. The lowest BCUT2D eigenvalue weighted by atomic mass is 10.0. The van der Waals surface area contributed by atoms with Crippen LogP contribution in [0.1, 0.15) is 5.56 Å². The van der Waals surface area contributed by atoms with Crippen LogP contribution in [0, 0.1) is 11.7 Å². The molecule has 1 N–H and O–H groups in total. The van der Waals surface area contributed by atoms with Gasteiger partial charge in [-0.1, -0.05) is 12.1 Å². The van der Waals surface area contributed by atoms with Gasteiger partial charge in [-0.3, -0.25) is 4.79 Å². The fraction of sp³-hybridized carbons (Fsp3) is 0.417. The van der Waals surface area contributed by atoms with Crippen LogP contribution in [0.25, 0.3) is 0 Å². The summed E-state index contributed by atoms with van der Waals surface area (Å²) in [5.74, 6) is -0.0368. The fourth-order valence-corrected chi connectivity index (χ4v) is 1.76. The van der Waals surface area contributed by atoms with Gasteiger partial charge in [-0.15, -0.1) is 12.4 Å². The third-order valence-corrected chi connectivity index (χ3v) is 2.82. The Labute approximate surface area is 106 Å². The maximum absolute atomic E-state index is 12.9. The van der Waals surface area contributed by atoms with Crippen molar-refractivity contribution in [3.63, 3.8) is 0 Å². The average Bonchev–Trinajstić information content (AvgIpc) is 2.14. The highest BCUT2D eigenvalue weighted by molar-refractivity contribution is 5.85. The van der Waals surface area contributed by atoms with E-state index in [1.807, 2.05) is 6.07 Å². The van der Waals surface area contributed by atoms with Gasteiger partial charge < -0.3 is 10.2 Å². The molecule has 5 heteroatoms. The number of nitrogens with one attached hydrogen (secondary N) is 1. The quantitative estimate of drug-likeness (QED) is 0.890. The van der Waals surface area contributed by atoms with E-state index in [1.54, 1.807) is 18.0 Å². The second kappa shape index (κ2) is 5.98. The molecule has 0 aromatic heterocycles. The van der Waals surface area contributed by atoms with Gasteiger partial charge in [0.15, 0.2) is 0 Å². The van der Waals surface area contributed by atoms with Crippen LogP contribution in [0.3, 0.4) is 0 Å². The van der Waals surface area contributed by atoms with Crippen molar-refractivity contribution in [2.45, 2.75) is 6.54 Å². The van der Waals surface area contributed by atoms with Crippen LogP contribution < -0.4 is 5.32 Å². The van der Waals surface area contributed by atoms with Crippen molar-refractivity contribution in [3.05, 3.63) is 35.6 Å². The fourth-order valence-electron chi connectivity index (χ4n) is 1.76. The Morgan fingerprint density at radius 2 is 2.24 bits per heavy atom. The highest BCUT2D eigenvalue weighted by atomic mass is 35.5. The molecule has 17 heavy (non-hydrogen) atoms. The second-order valence-electron chi connectivity index (χ2n) is 4.18. The van der Waals surface area contributed by atoms with Crippen molar-refractivity contribution < 1.29 is 9.18 Å². The van der Waals surface area contributed by atoms with E-state index in [4.69, 9.17) is 0 Å². The standard InChI is InChI=1S/C12H15FN2O.ClH/c1-15(12(16)10-6-14-7-10)8-9-3-2-4-11(13)5-9;/h2-5,10,14H,6-8H2,1H3;1H. The number of amides is 1. The molecule has 1 heterocycles. The topological polar surface area (TPSA) is 32.3 Å². The summed E-state index contributed by atoms with van der Waals surface area (Å²) in [7, 11) is 1.76. The predicted octanol–water partition coefficient (Wildman–Crippen LogP) is 1.43. The lowest BCUT2D eigenvalue weighted by Gasteiger charge is -2.30. The summed E-state index contributed by atoms with van der Waals surface area (Å²) in [5, 5.41) is 3.06. The summed E-state index contributed by atoms with van der Waals surface area (Å²) in [6, 6.07) is 6.35. The zero-order chi connectivity index (χ0) is 11.5. The smallest absolute Gasteiger partial charge is 0.228 e. The molecule has 1 amide bonds. The summed E-state index contributed by atoms with van der Waals surface area (Å²) in [6.45, 7) is 1.98. The number of benzene rings is 1. The molecule has 1 aliphatic rings. The Kier molecular flexibility index (Phi) is 4.90. The molecule has 94 valence electrons. The number of hydrogen-bond acceptors (Lipinski definition) is 2. The zero-order valence-corrected chi connectivity index (χ0v) is 10.5. The average molecular weight is 259 g/mol. The molecule has 0 unspecified atom stereocenters. The Morgan fingerprint density at radius 3 is 2.76 bits per heavy atom.